The van der Waals surface area contributed by atoms with E-state index in [4.69, 9.17) is 9.84 Å². The van der Waals surface area contributed by atoms with Gasteiger partial charge in [0.1, 0.15) is 5.75 Å². The van der Waals surface area contributed by atoms with Crippen molar-refractivity contribution in [1.29, 1.82) is 0 Å². The van der Waals surface area contributed by atoms with Gasteiger partial charge in [0.2, 0.25) is 0 Å². The number of carboxylic acid groups (broad SMARTS) is 1. The lowest BCUT2D eigenvalue weighted by atomic mass is 10.0. The second-order valence-corrected chi connectivity index (χ2v) is 7.60. The second-order valence-electron chi connectivity index (χ2n) is 7.60. The van der Waals surface area contributed by atoms with E-state index in [2.05, 4.69) is 15.5 Å². The number of ether oxygens (including phenoxy) is 1. The van der Waals surface area contributed by atoms with E-state index in [0.717, 1.165) is 39.0 Å². The van der Waals surface area contributed by atoms with Crippen molar-refractivity contribution >= 4 is 52.3 Å². The predicted molar refractivity (Wildman–Crippen MR) is 128 cm³/mol. The Morgan fingerprint density at radius 2 is 1.79 bits per heavy atom. The Morgan fingerprint density at radius 3 is 2.55 bits per heavy atom. The van der Waals surface area contributed by atoms with E-state index in [1.54, 1.807) is 31.4 Å². The molecule has 2 heterocycles. The fraction of sp³-hybridized carbons (Fsp3) is 0.0385. The van der Waals surface area contributed by atoms with Gasteiger partial charge in [-0.3, -0.25) is 9.89 Å². The summed E-state index contributed by atoms with van der Waals surface area (Å²) >= 11 is 0. The van der Waals surface area contributed by atoms with E-state index in [-0.39, 0.29) is 11.5 Å². The lowest BCUT2D eigenvalue weighted by Crippen LogP contribution is -2.03. The summed E-state index contributed by atoms with van der Waals surface area (Å²) in [7, 11) is 1.60. The first-order valence-corrected chi connectivity index (χ1v) is 10.2. The molecule has 3 N–H and O–H groups in total. The summed E-state index contributed by atoms with van der Waals surface area (Å²) < 4.78 is 5.29. The lowest BCUT2D eigenvalue weighted by Gasteiger charge is -2.03. The molecular weight excluding hydrogens is 418 g/mol. The van der Waals surface area contributed by atoms with Crippen molar-refractivity contribution in [1.82, 2.24) is 10.2 Å². The SMILES string of the molecule is COc1ccc2c(c1)/C(=C\c1ccc3c(C=Cc4ccc(C(=O)O)cc4)n[nH]c3c1)C(=O)N2. The zero-order chi connectivity index (χ0) is 22.9. The van der Waals surface area contributed by atoms with Crippen molar-refractivity contribution in [3.05, 3.63) is 88.6 Å². The van der Waals surface area contributed by atoms with Gasteiger partial charge in [0, 0.05) is 22.2 Å². The number of amides is 1. The first-order valence-electron chi connectivity index (χ1n) is 10.2. The molecule has 162 valence electrons. The van der Waals surface area contributed by atoms with Gasteiger partial charge in [0.15, 0.2) is 0 Å². The fourth-order valence-corrected chi connectivity index (χ4v) is 3.79. The number of hydrogen-bond donors (Lipinski definition) is 3. The Morgan fingerprint density at radius 1 is 1.00 bits per heavy atom. The quantitative estimate of drug-likeness (QED) is 0.384. The number of aromatic carboxylic acids is 1. The highest BCUT2D eigenvalue weighted by atomic mass is 16.5. The van der Waals surface area contributed by atoms with Crippen LogP contribution >= 0.6 is 0 Å². The van der Waals surface area contributed by atoms with Gasteiger partial charge in [-0.25, -0.2) is 4.79 Å². The molecule has 1 aromatic heterocycles. The monoisotopic (exact) mass is 437 g/mol. The first-order chi connectivity index (χ1) is 16.0. The molecular formula is C26H19N3O4. The van der Waals surface area contributed by atoms with Crippen molar-refractivity contribution in [2.24, 2.45) is 0 Å². The molecule has 0 fully saturated rings. The van der Waals surface area contributed by atoms with Crippen molar-refractivity contribution in [2.45, 2.75) is 0 Å². The number of nitrogens with one attached hydrogen (secondary N) is 2. The van der Waals surface area contributed by atoms with Crippen molar-refractivity contribution in [3.8, 4) is 5.75 Å². The third-order valence-electron chi connectivity index (χ3n) is 5.53. The summed E-state index contributed by atoms with van der Waals surface area (Å²) in [6.07, 6.45) is 5.60. The van der Waals surface area contributed by atoms with E-state index in [9.17, 15) is 9.59 Å². The van der Waals surface area contributed by atoms with Crippen LogP contribution in [0.15, 0.2) is 60.7 Å². The van der Waals surface area contributed by atoms with Crippen molar-refractivity contribution in [2.75, 3.05) is 12.4 Å². The number of carbonyl (C=O) groups excluding carboxylic acids is 1. The number of carboxylic acids is 1. The Labute approximate surface area is 189 Å². The maximum absolute atomic E-state index is 12.5. The summed E-state index contributed by atoms with van der Waals surface area (Å²) in [6, 6.07) is 18.0. The third-order valence-corrected chi connectivity index (χ3v) is 5.53. The van der Waals surface area contributed by atoms with Crippen LogP contribution in [0.4, 0.5) is 5.69 Å². The number of carbonyl (C=O) groups is 2. The average molecular weight is 437 g/mol. The number of benzene rings is 3. The van der Waals surface area contributed by atoms with Gasteiger partial charge in [0.25, 0.3) is 5.91 Å². The number of H-pyrrole nitrogens is 1. The van der Waals surface area contributed by atoms with E-state index < -0.39 is 5.97 Å². The van der Waals surface area contributed by atoms with Crippen LogP contribution in [0.3, 0.4) is 0 Å². The molecule has 0 saturated carbocycles. The number of nitrogens with zero attached hydrogens (tertiary/aromatic N) is 1. The standard InChI is InChI=1S/C26H19N3O4/c1-33-18-8-11-22-20(14-18)21(25(30)27-22)12-16-4-9-19-23(28-29-24(19)13-16)10-5-15-2-6-17(7-3-15)26(31)32/h2-14H,1H3,(H,27,30)(H,28,29)(H,31,32)/b10-5?,21-12+. The molecule has 0 aliphatic carbocycles. The average Bonchev–Trinajstić information content (AvgIpc) is 3.37. The summed E-state index contributed by atoms with van der Waals surface area (Å²) in [5, 5.41) is 20.2. The van der Waals surface area contributed by atoms with Crippen LogP contribution in [-0.2, 0) is 4.79 Å². The summed E-state index contributed by atoms with van der Waals surface area (Å²) in [5.41, 5.74) is 5.74. The predicted octanol–water partition coefficient (Wildman–Crippen LogP) is 4.93. The summed E-state index contributed by atoms with van der Waals surface area (Å²) in [6.45, 7) is 0. The van der Waals surface area contributed by atoms with Gasteiger partial charge in [-0.1, -0.05) is 24.3 Å². The maximum atomic E-state index is 12.5. The molecule has 7 nitrogen and oxygen atoms in total. The van der Waals surface area contributed by atoms with Gasteiger partial charge < -0.3 is 15.2 Å². The largest absolute Gasteiger partial charge is 0.497 e. The van der Waals surface area contributed by atoms with Gasteiger partial charge >= 0.3 is 5.97 Å². The van der Waals surface area contributed by atoms with E-state index in [1.165, 1.54) is 0 Å². The van der Waals surface area contributed by atoms with Gasteiger partial charge in [-0.2, -0.15) is 5.10 Å². The van der Waals surface area contributed by atoms with E-state index >= 15 is 0 Å². The lowest BCUT2D eigenvalue weighted by molar-refractivity contribution is -0.110. The highest BCUT2D eigenvalue weighted by Gasteiger charge is 2.24. The minimum absolute atomic E-state index is 0.152. The Balaban J connectivity index is 1.43. The molecule has 5 rings (SSSR count). The smallest absolute Gasteiger partial charge is 0.335 e. The molecule has 1 aliphatic rings. The molecule has 33 heavy (non-hydrogen) atoms. The minimum Gasteiger partial charge on any atom is -0.497 e. The van der Waals surface area contributed by atoms with Gasteiger partial charge in [0.05, 0.1) is 23.9 Å². The zero-order valence-electron chi connectivity index (χ0n) is 17.6. The number of fused-ring (bicyclic) bond motifs is 2. The molecule has 0 spiro atoms. The van der Waals surface area contributed by atoms with Crippen LogP contribution in [0.5, 0.6) is 5.75 Å². The normalized spacial score (nSPS) is 14.1. The van der Waals surface area contributed by atoms with Crippen LogP contribution in [-0.4, -0.2) is 34.3 Å². The molecule has 0 saturated heterocycles. The molecule has 7 heteroatoms. The highest BCUT2D eigenvalue weighted by molar-refractivity contribution is 6.35. The molecule has 0 bridgehead atoms. The Kier molecular flexibility index (Phi) is 4.99. The van der Waals surface area contributed by atoms with Crippen LogP contribution in [0.25, 0.3) is 34.7 Å². The summed E-state index contributed by atoms with van der Waals surface area (Å²) in [5.74, 6) is -0.415. The van der Waals surface area contributed by atoms with Gasteiger partial charge in [-0.15, -0.1) is 0 Å². The molecule has 0 atom stereocenters. The molecule has 0 radical (unpaired) electrons. The van der Waals surface area contributed by atoms with Crippen molar-refractivity contribution in [3.63, 3.8) is 0 Å². The number of hydrogen-bond acceptors (Lipinski definition) is 4. The second kappa shape index (κ2) is 8.12. The van der Waals surface area contributed by atoms with Crippen LogP contribution < -0.4 is 10.1 Å². The number of aromatic amines is 1. The number of aromatic nitrogens is 2. The van der Waals surface area contributed by atoms with E-state index in [1.807, 2.05) is 54.6 Å². The molecule has 4 aromatic rings. The minimum atomic E-state index is -0.952. The topological polar surface area (TPSA) is 104 Å². The highest BCUT2D eigenvalue weighted by Crippen LogP contribution is 2.36. The Bertz CT molecular complexity index is 1460. The Hall–Kier alpha value is -4.65. The molecule has 1 amide bonds. The molecule has 0 unspecified atom stereocenters. The van der Waals surface area contributed by atoms with Crippen molar-refractivity contribution < 1.29 is 19.4 Å². The molecule has 3 aromatic carbocycles. The fourth-order valence-electron chi connectivity index (χ4n) is 3.79. The zero-order valence-corrected chi connectivity index (χ0v) is 17.6. The summed E-state index contributed by atoms with van der Waals surface area (Å²) in [4.78, 5) is 23.5. The first kappa shape index (κ1) is 20.3. The van der Waals surface area contributed by atoms with E-state index in [0.29, 0.717) is 11.3 Å². The third kappa shape index (κ3) is 3.87. The van der Waals surface area contributed by atoms with Crippen LogP contribution in [0.1, 0.15) is 32.7 Å². The van der Waals surface area contributed by atoms with Gasteiger partial charge in [-0.05, 0) is 65.7 Å². The van der Waals surface area contributed by atoms with Crippen LogP contribution in [0.2, 0.25) is 0 Å². The van der Waals surface area contributed by atoms with Crippen LogP contribution in [0, 0.1) is 0 Å². The number of rotatable bonds is 5. The number of anilines is 1. The number of methoxy groups -OCH3 is 1. The molecule has 1 aliphatic heterocycles. The maximum Gasteiger partial charge on any atom is 0.335 e.